The minimum Gasteiger partial charge on any atom is -0.452 e. The summed E-state index contributed by atoms with van der Waals surface area (Å²) in [6, 6.07) is 15.1. The van der Waals surface area contributed by atoms with Crippen LogP contribution in [0.15, 0.2) is 59.5 Å². The van der Waals surface area contributed by atoms with Gasteiger partial charge in [0, 0.05) is 26.2 Å². The summed E-state index contributed by atoms with van der Waals surface area (Å²) in [7, 11) is -3.57. The van der Waals surface area contributed by atoms with Crippen LogP contribution in [0.25, 0.3) is 0 Å². The first-order valence-electron chi connectivity index (χ1n) is 8.95. The third-order valence-corrected chi connectivity index (χ3v) is 6.50. The summed E-state index contributed by atoms with van der Waals surface area (Å²) in [6.07, 6.45) is 0. The van der Waals surface area contributed by atoms with Crippen molar-refractivity contribution >= 4 is 21.9 Å². The molecule has 1 aliphatic rings. The van der Waals surface area contributed by atoms with Crippen LogP contribution < -0.4 is 0 Å². The van der Waals surface area contributed by atoms with Crippen LogP contribution >= 0.6 is 0 Å². The molecular formula is C20H22N2O5S. The van der Waals surface area contributed by atoms with Crippen molar-refractivity contribution in [3.8, 4) is 0 Å². The van der Waals surface area contributed by atoms with Gasteiger partial charge < -0.3 is 9.64 Å². The molecule has 0 saturated carbocycles. The molecule has 7 nitrogen and oxygen atoms in total. The van der Waals surface area contributed by atoms with Gasteiger partial charge in [0.15, 0.2) is 6.61 Å². The van der Waals surface area contributed by atoms with E-state index in [1.54, 1.807) is 54.6 Å². The highest BCUT2D eigenvalue weighted by atomic mass is 32.2. The summed E-state index contributed by atoms with van der Waals surface area (Å²) in [5, 5.41) is 0. The molecule has 1 fully saturated rings. The van der Waals surface area contributed by atoms with Crippen LogP contribution in [-0.4, -0.2) is 62.3 Å². The maximum atomic E-state index is 12.6. The first-order chi connectivity index (χ1) is 13.4. The van der Waals surface area contributed by atoms with Crippen molar-refractivity contribution in [1.29, 1.82) is 0 Å². The Bertz CT molecular complexity index is 934. The zero-order chi connectivity index (χ0) is 20.1. The number of hydrogen-bond acceptors (Lipinski definition) is 5. The number of carbonyl (C=O) groups excluding carboxylic acids is 2. The third-order valence-electron chi connectivity index (χ3n) is 4.59. The van der Waals surface area contributed by atoms with E-state index in [1.807, 2.05) is 6.92 Å². The normalized spacial score (nSPS) is 15.2. The van der Waals surface area contributed by atoms with Crippen molar-refractivity contribution in [2.45, 2.75) is 11.8 Å². The SMILES string of the molecule is Cc1ccc(C(=O)OCC(=O)N2CCN(S(=O)(=O)c3ccccc3)CC2)cc1. The second kappa shape index (κ2) is 8.53. The van der Waals surface area contributed by atoms with Gasteiger partial charge in [-0.05, 0) is 31.2 Å². The van der Waals surface area contributed by atoms with Gasteiger partial charge in [-0.25, -0.2) is 13.2 Å². The molecule has 0 bridgehead atoms. The molecule has 1 aliphatic heterocycles. The fraction of sp³-hybridized carbons (Fsp3) is 0.300. The Morgan fingerprint density at radius 3 is 2.14 bits per heavy atom. The fourth-order valence-electron chi connectivity index (χ4n) is 2.91. The van der Waals surface area contributed by atoms with E-state index in [0.29, 0.717) is 5.56 Å². The van der Waals surface area contributed by atoms with E-state index in [9.17, 15) is 18.0 Å². The molecule has 1 heterocycles. The molecule has 0 N–H and O–H groups in total. The molecule has 0 radical (unpaired) electrons. The van der Waals surface area contributed by atoms with Crippen LogP contribution in [0.5, 0.6) is 0 Å². The molecule has 0 atom stereocenters. The smallest absolute Gasteiger partial charge is 0.338 e. The second-order valence-corrected chi connectivity index (χ2v) is 8.48. The molecule has 1 saturated heterocycles. The lowest BCUT2D eigenvalue weighted by Crippen LogP contribution is -2.51. The molecule has 148 valence electrons. The van der Waals surface area contributed by atoms with Crippen molar-refractivity contribution in [2.75, 3.05) is 32.8 Å². The number of amides is 1. The van der Waals surface area contributed by atoms with E-state index in [-0.39, 0.29) is 43.6 Å². The number of piperazine rings is 1. The number of sulfonamides is 1. The molecule has 28 heavy (non-hydrogen) atoms. The Kier molecular flexibility index (Phi) is 6.11. The Hall–Kier alpha value is -2.71. The topological polar surface area (TPSA) is 84.0 Å². The van der Waals surface area contributed by atoms with Gasteiger partial charge in [-0.1, -0.05) is 35.9 Å². The van der Waals surface area contributed by atoms with E-state index in [0.717, 1.165) is 5.56 Å². The lowest BCUT2D eigenvalue weighted by Gasteiger charge is -2.33. The predicted molar refractivity (Wildman–Crippen MR) is 103 cm³/mol. The van der Waals surface area contributed by atoms with Gasteiger partial charge in [0.25, 0.3) is 5.91 Å². The zero-order valence-electron chi connectivity index (χ0n) is 15.6. The molecular weight excluding hydrogens is 380 g/mol. The first kappa shape index (κ1) is 20.0. The summed E-state index contributed by atoms with van der Waals surface area (Å²) in [6.45, 7) is 2.47. The zero-order valence-corrected chi connectivity index (χ0v) is 16.4. The molecule has 3 rings (SSSR count). The monoisotopic (exact) mass is 402 g/mol. The Morgan fingerprint density at radius 2 is 1.54 bits per heavy atom. The number of carbonyl (C=O) groups is 2. The van der Waals surface area contributed by atoms with Crippen molar-refractivity contribution < 1.29 is 22.7 Å². The Balaban J connectivity index is 1.51. The number of rotatable bonds is 5. The maximum Gasteiger partial charge on any atom is 0.338 e. The van der Waals surface area contributed by atoms with Crippen molar-refractivity contribution in [1.82, 2.24) is 9.21 Å². The maximum absolute atomic E-state index is 12.6. The highest BCUT2D eigenvalue weighted by Crippen LogP contribution is 2.17. The number of esters is 1. The van der Waals surface area contributed by atoms with Gasteiger partial charge in [-0.2, -0.15) is 4.31 Å². The summed E-state index contributed by atoms with van der Waals surface area (Å²) < 4.78 is 31.7. The van der Waals surface area contributed by atoms with Crippen LogP contribution in [0.3, 0.4) is 0 Å². The van der Waals surface area contributed by atoms with Gasteiger partial charge in [0.2, 0.25) is 10.0 Å². The largest absolute Gasteiger partial charge is 0.452 e. The summed E-state index contributed by atoms with van der Waals surface area (Å²) in [4.78, 5) is 26.0. The van der Waals surface area contributed by atoms with Crippen LogP contribution in [0, 0.1) is 6.92 Å². The van der Waals surface area contributed by atoms with Gasteiger partial charge in [-0.15, -0.1) is 0 Å². The summed E-state index contributed by atoms with van der Waals surface area (Å²) in [5.74, 6) is -0.893. The van der Waals surface area contributed by atoms with Gasteiger partial charge >= 0.3 is 5.97 Å². The average molecular weight is 402 g/mol. The highest BCUT2D eigenvalue weighted by molar-refractivity contribution is 7.89. The van der Waals surface area contributed by atoms with Crippen LogP contribution in [0.2, 0.25) is 0 Å². The van der Waals surface area contributed by atoms with Crippen LogP contribution in [-0.2, 0) is 19.6 Å². The predicted octanol–water partition coefficient (Wildman–Crippen LogP) is 1.68. The molecule has 8 heteroatoms. The Labute approximate surface area is 164 Å². The minimum atomic E-state index is -3.57. The lowest BCUT2D eigenvalue weighted by atomic mass is 10.1. The fourth-order valence-corrected chi connectivity index (χ4v) is 4.35. The van der Waals surface area contributed by atoms with Crippen molar-refractivity contribution in [2.24, 2.45) is 0 Å². The molecule has 2 aromatic carbocycles. The van der Waals surface area contributed by atoms with Gasteiger partial charge in [0.1, 0.15) is 0 Å². The third kappa shape index (κ3) is 4.58. The quantitative estimate of drug-likeness (QED) is 0.711. The standard InChI is InChI=1S/C20H22N2O5S/c1-16-7-9-17(10-8-16)20(24)27-15-19(23)21-11-13-22(14-12-21)28(25,26)18-5-3-2-4-6-18/h2-10H,11-15H2,1H3. The molecule has 1 amide bonds. The number of aryl methyl sites for hydroxylation is 1. The second-order valence-electron chi connectivity index (χ2n) is 6.54. The molecule has 0 spiro atoms. The number of benzene rings is 2. The Morgan fingerprint density at radius 1 is 0.929 bits per heavy atom. The van der Waals surface area contributed by atoms with Gasteiger partial charge in [0.05, 0.1) is 10.5 Å². The van der Waals surface area contributed by atoms with Crippen LogP contribution in [0.4, 0.5) is 0 Å². The van der Waals surface area contributed by atoms with E-state index in [1.165, 1.54) is 9.21 Å². The van der Waals surface area contributed by atoms with E-state index in [4.69, 9.17) is 4.74 Å². The average Bonchev–Trinajstić information content (AvgIpc) is 2.73. The molecule has 0 aromatic heterocycles. The first-order valence-corrected chi connectivity index (χ1v) is 10.4. The summed E-state index contributed by atoms with van der Waals surface area (Å²) >= 11 is 0. The highest BCUT2D eigenvalue weighted by Gasteiger charge is 2.30. The number of nitrogens with zero attached hydrogens (tertiary/aromatic N) is 2. The van der Waals surface area contributed by atoms with Gasteiger partial charge in [-0.3, -0.25) is 4.79 Å². The lowest BCUT2D eigenvalue weighted by molar-refractivity contribution is -0.135. The van der Waals surface area contributed by atoms with E-state index >= 15 is 0 Å². The van der Waals surface area contributed by atoms with Crippen molar-refractivity contribution in [3.05, 3.63) is 65.7 Å². The summed E-state index contributed by atoms with van der Waals surface area (Å²) in [5.41, 5.74) is 1.41. The molecule has 2 aromatic rings. The van der Waals surface area contributed by atoms with Crippen LogP contribution in [0.1, 0.15) is 15.9 Å². The molecule has 0 unspecified atom stereocenters. The number of ether oxygens (including phenoxy) is 1. The van der Waals surface area contributed by atoms with E-state index < -0.39 is 16.0 Å². The van der Waals surface area contributed by atoms with E-state index in [2.05, 4.69) is 0 Å². The molecule has 0 aliphatic carbocycles. The minimum absolute atomic E-state index is 0.203. The van der Waals surface area contributed by atoms with Crippen molar-refractivity contribution in [3.63, 3.8) is 0 Å². The number of hydrogen-bond donors (Lipinski definition) is 0.